The normalized spacial score (nSPS) is 15.7. The maximum Gasteiger partial charge on any atom is 0.270 e. The molecule has 2 aromatic carbocycles. The van der Waals surface area contributed by atoms with Crippen LogP contribution < -0.4 is 5.73 Å². The number of nitrogens with zero attached hydrogens (tertiary/aromatic N) is 6. The van der Waals surface area contributed by atoms with E-state index in [1.165, 1.54) is 18.3 Å². The van der Waals surface area contributed by atoms with Crippen LogP contribution in [0, 0.1) is 5.82 Å². The lowest BCUT2D eigenvalue weighted by Crippen LogP contribution is -2.34. The third kappa shape index (κ3) is 4.47. The van der Waals surface area contributed by atoms with Crippen molar-refractivity contribution in [2.75, 3.05) is 32.9 Å². The van der Waals surface area contributed by atoms with E-state index in [1.807, 2.05) is 44.4 Å². The van der Waals surface area contributed by atoms with Gasteiger partial charge in [-0.15, -0.1) is 10.2 Å². The van der Waals surface area contributed by atoms with Crippen molar-refractivity contribution in [3.63, 3.8) is 0 Å². The highest BCUT2D eigenvalue weighted by Gasteiger charge is 2.29. The first-order valence-corrected chi connectivity index (χ1v) is 11.2. The van der Waals surface area contributed by atoms with E-state index in [0.29, 0.717) is 30.2 Å². The second-order valence-electron chi connectivity index (χ2n) is 8.62. The number of rotatable bonds is 5. The van der Waals surface area contributed by atoms with Crippen LogP contribution in [0.3, 0.4) is 0 Å². The molecule has 4 aromatic rings. The van der Waals surface area contributed by atoms with Gasteiger partial charge >= 0.3 is 0 Å². The molecule has 2 aromatic heterocycles. The van der Waals surface area contributed by atoms with Gasteiger partial charge < -0.3 is 20.0 Å². The molecule has 0 bridgehead atoms. The summed E-state index contributed by atoms with van der Waals surface area (Å²) in [6.45, 7) is 1.18. The van der Waals surface area contributed by atoms with E-state index >= 15 is 4.39 Å². The lowest BCUT2D eigenvalue weighted by molar-refractivity contribution is 0.0778. The van der Waals surface area contributed by atoms with Crippen LogP contribution in [0.15, 0.2) is 59.1 Å². The number of likely N-dealkylation sites (tertiary alicyclic amines) is 1. The lowest BCUT2D eigenvalue weighted by atomic mass is 10.1. The van der Waals surface area contributed by atoms with Crippen LogP contribution >= 0.6 is 0 Å². The molecule has 1 aliphatic rings. The molecule has 1 atom stereocenters. The Labute approximate surface area is 201 Å². The van der Waals surface area contributed by atoms with Crippen LogP contribution in [0.25, 0.3) is 34.3 Å². The van der Waals surface area contributed by atoms with Gasteiger partial charge in [0.15, 0.2) is 11.5 Å². The minimum atomic E-state index is -0.620. The Balaban J connectivity index is 1.40. The van der Waals surface area contributed by atoms with Gasteiger partial charge in [0.05, 0.1) is 17.5 Å². The zero-order chi connectivity index (χ0) is 24.5. The second-order valence-corrected chi connectivity index (χ2v) is 8.62. The van der Waals surface area contributed by atoms with Crippen molar-refractivity contribution in [3.8, 4) is 34.3 Å². The van der Waals surface area contributed by atoms with Gasteiger partial charge in [-0.2, -0.15) is 0 Å². The topological polar surface area (TPSA) is 114 Å². The lowest BCUT2D eigenvalue weighted by Gasteiger charge is -2.20. The smallest absolute Gasteiger partial charge is 0.270 e. The fourth-order valence-electron chi connectivity index (χ4n) is 4.08. The van der Waals surface area contributed by atoms with Crippen LogP contribution in [0.5, 0.6) is 0 Å². The fourth-order valence-corrected chi connectivity index (χ4v) is 4.08. The third-order valence-electron chi connectivity index (χ3n) is 6.13. The van der Waals surface area contributed by atoms with Crippen molar-refractivity contribution in [2.24, 2.45) is 0 Å². The molecule has 1 fully saturated rings. The van der Waals surface area contributed by atoms with E-state index in [2.05, 4.69) is 25.1 Å². The Kier molecular flexibility index (Phi) is 5.96. The molecule has 0 saturated carbocycles. The molecule has 5 rings (SSSR count). The minimum Gasteiger partial charge on any atom is -0.414 e. The number of carbonyl (C=O) groups is 1. The molecule has 35 heavy (non-hydrogen) atoms. The predicted octanol–water partition coefficient (Wildman–Crippen LogP) is 3.36. The average molecular weight is 474 g/mol. The number of hydrogen-bond donors (Lipinski definition) is 1. The quantitative estimate of drug-likeness (QED) is 0.469. The summed E-state index contributed by atoms with van der Waals surface area (Å²) in [6, 6.07) is 14.0. The number of nitrogen functional groups attached to an aromatic ring is 1. The first-order chi connectivity index (χ1) is 16.9. The fraction of sp³-hybridized carbons (Fsp3) is 0.240. The largest absolute Gasteiger partial charge is 0.414 e. The number of hydrogen-bond acceptors (Lipinski definition) is 8. The molecule has 1 amide bonds. The van der Waals surface area contributed by atoms with Gasteiger partial charge in [-0.25, -0.2) is 14.4 Å². The first-order valence-electron chi connectivity index (χ1n) is 11.2. The van der Waals surface area contributed by atoms with Crippen LogP contribution in [0.1, 0.15) is 16.8 Å². The summed E-state index contributed by atoms with van der Waals surface area (Å²) >= 11 is 0. The summed E-state index contributed by atoms with van der Waals surface area (Å²) < 4.78 is 20.8. The molecule has 10 heteroatoms. The summed E-state index contributed by atoms with van der Waals surface area (Å²) in [5, 5.41) is 8.11. The van der Waals surface area contributed by atoms with Crippen LogP contribution in [-0.4, -0.2) is 69.1 Å². The highest BCUT2D eigenvalue weighted by Crippen LogP contribution is 2.29. The van der Waals surface area contributed by atoms with Crippen molar-refractivity contribution in [1.82, 2.24) is 30.0 Å². The number of benzene rings is 2. The zero-order valence-corrected chi connectivity index (χ0v) is 19.3. The third-order valence-corrected chi connectivity index (χ3v) is 6.13. The van der Waals surface area contributed by atoms with Crippen LogP contribution in [0.4, 0.5) is 10.2 Å². The molecule has 2 N–H and O–H groups in total. The van der Waals surface area contributed by atoms with Crippen LogP contribution in [-0.2, 0) is 0 Å². The molecule has 1 aliphatic heterocycles. The van der Waals surface area contributed by atoms with Gasteiger partial charge in [0.25, 0.3) is 11.8 Å². The van der Waals surface area contributed by atoms with Crippen molar-refractivity contribution in [3.05, 3.63) is 66.1 Å². The molecular weight excluding hydrogens is 449 g/mol. The van der Waals surface area contributed by atoms with Crippen LogP contribution in [0.2, 0.25) is 0 Å². The van der Waals surface area contributed by atoms with Gasteiger partial charge in [-0.1, -0.05) is 24.3 Å². The number of amides is 1. The molecule has 178 valence electrons. The van der Waals surface area contributed by atoms with E-state index in [0.717, 1.165) is 12.0 Å². The van der Waals surface area contributed by atoms with Crippen molar-refractivity contribution in [2.45, 2.75) is 12.5 Å². The molecule has 0 spiro atoms. The van der Waals surface area contributed by atoms with E-state index in [9.17, 15) is 4.79 Å². The molecule has 9 nitrogen and oxygen atoms in total. The highest BCUT2D eigenvalue weighted by atomic mass is 19.1. The summed E-state index contributed by atoms with van der Waals surface area (Å²) in [7, 11) is 3.96. The summed E-state index contributed by atoms with van der Waals surface area (Å²) in [5.74, 6) is -0.410. The average Bonchev–Trinajstić information content (AvgIpc) is 3.55. The van der Waals surface area contributed by atoms with E-state index in [-0.39, 0.29) is 34.9 Å². The SMILES string of the molecule is CN(C)C1CCN(C(=O)c2ccc(-c3cnc(N)c(-c4nnc(-c5ccccc5)o4)n3)cc2F)C1. The number of aromatic nitrogens is 4. The van der Waals surface area contributed by atoms with Gasteiger partial charge in [0.1, 0.15) is 5.82 Å². The maximum atomic E-state index is 15.0. The van der Waals surface area contributed by atoms with Crippen molar-refractivity contribution >= 4 is 11.7 Å². The van der Waals surface area contributed by atoms with Crippen molar-refractivity contribution < 1.29 is 13.6 Å². The van der Waals surface area contributed by atoms with E-state index in [4.69, 9.17) is 10.2 Å². The number of likely N-dealkylation sites (N-methyl/N-ethyl adjacent to an activating group) is 1. The number of anilines is 1. The molecule has 3 heterocycles. The molecule has 0 aliphatic carbocycles. The Morgan fingerprint density at radius 3 is 2.60 bits per heavy atom. The summed E-state index contributed by atoms with van der Waals surface area (Å²) in [6.07, 6.45) is 2.30. The van der Waals surface area contributed by atoms with E-state index in [1.54, 1.807) is 11.0 Å². The Hall–Kier alpha value is -4.18. The van der Waals surface area contributed by atoms with Gasteiger partial charge in [0.2, 0.25) is 5.89 Å². The van der Waals surface area contributed by atoms with Crippen molar-refractivity contribution in [1.29, 1.82) is 0 Å². The summed E-state index contributed by atoms with van der Waals surface area (Å²) in [4.78, 5) is 25.3. The number of nitrogens with two attached hydrogens (primary N) is 1. The molecule has 0 radical (unpaired) electrons. The Morgan fingerprint density at radius 2 is 1.89 bits per heavy atom. The van der Waals surface area contributed by atoms with Gasteiger partial charge in [-0.3, -0.25) is 4.79 Å². The van der Waals surface area contributed by atoms with Gasteiger partial charge in [0, 0.05) is 30.3 Å². The molecule has 1 saturated heterocycles. The zero-order valence-electron chi connectivity index (χ0n) is 19.3. The molecule has 1 unspecified atom stereocenters. The van der Waals surface area contributed by atoms with Gasteiger partial charge in [-0.05, 0) is 44.8 Å². The Morgan fingerprint density at radius 1 is 1.11 bits per heavy atom. The first kappa shape index (κ1) is 22.6. The standard InChI is InChI=1S/C25H24FN7O2/c1-32(2)17-10-11-33(14-17)25(34)18-9-8-16(12-19(18)26)20-13-28-22(27)21(29-20)24-31-30-23(35-24)15-6-4-3-5-7-15/h3-9,12-13,17H,10-11,14H2,1-2H3,(H2,27,28). The maximum absolute atomic E-state index is 15.0. The second kappa shape index (κ2) is 9.22. The predicted molar refractivity (Wildman–Crippen MR) is 129 cm³/mol. The monoisotopic (exact) mass is 473 g/mol. The molecular formula is C25H24FN7O2. The number of carbonyl (C=O) groups excluding carboxylic acids is 1. The highest BCUT2D eigenvalue weighted by molar-refractivity contribution is 5.95. The van der Waals surface area contributed by atoms with E-state index < -0.39 is 5.82 Å². The minimum absolute atomic E-state index is 0.0289. The number of halogens is 1. The summed E-state index contributed by atoms with van der Waals surface area (Å²) in [5.41, 5.74) is 7.81. The Bertz CT molecular complexity index is 1370.